The minimum absolute atomic E-state index is 0.212. The SMILES string of the molecule is CCOC(=O)C(Cc1cc2cc(C#N)ccc2o1)c1ccc(OC[C@@H](CC)NC(=O)OC(C)(C)C)cc1. The maximum absolute atomic E-state index is 12.8. The number of fused-ring (bicyclic) bond motifs is 1. The average molecular weight is 507 g/mol. The first-order valence-corrected chi connectivity index (χ1v) is 12.4. The molecule has 0 aliphatic carbocycles. The van der Waals surface area contributed by atoms with Crippen LogP contribution in [0.2, 0.25) is 0 Å². The molecule has 3 rings (SSSR count). The van der Waals surface area contributed by atoms with Crippen LogP contribution < -0.4 is 10.1 Å². The van der Waals surface area contributed by atoms with Crippen LogP contribution in [0.25, 0.3) is 11.0 Å². The number of amides is 1. The summed E-state index contributed by atoms with van der Waals surface area (Å²) in [4.78, 5) is 24.9. The highest BCUT2D eigenvalue weighted by Crippen LogP contribution is 2.28. The van der Waals surface area contributed by atoms with Crippen molar-refractivity contribution in [3.05, 3.63) is 65.4 Å². The van der Waals surface area contributed by atoms with Crippen LogP contribution in [0.3, 0.4) is 0 Å². The molecule has 0 fully saturated rings. The zero-order chi connectivity index (χ0) is 27.0. The number of benzene rings is 2. The average Bonchev–Trinajstić information content (AvgIpc) is 3.26. The van der Waals surface area contributed by atoms with Crippen molar-refractivity contribution < 1.29 is 28.2 Å². The van der Waals surface area contributed by atoms with Gasteiger partial charge in [-0.15, -0.1) is 0 Å². The first-order valence-electron chi connectivity index (χ1n) is 12.4. The number of hydrogen-bond donors (Lipinski definition) is 1. The second-order valence-electron chi connectivity index (χ2n) is 9.72. The van der Waals surface area contributed by atoms with Crippen LogP contribution >= 0.6 is 0 Å². The van der Waals surface area contributed by atoms with Crippen LogP contribution in [0.15, 0.2) is 52.9 Å². The van der Waals surface area contributed by atoms with Crippen molar-refractivity contribution in [2.24, 2.45) is 0 Å². The molecule has 1 amide bonds. The van der Waals surface area contributed by atoms with E-state index < -0.39 is 17.6 Å². The third kappa shape index (κ3) is 8.01. The van der Waals surface area contributed by atoms with Crippen molar-refractivity contribution in [2.45, 2.75) is 65.0 Å². The molecule has 0 aliphatic heterocycles. The Bertz CT molecular complexity index is 1250. The lowest BCUT2D eigenvalue weighted by atomic mass is 9.94. The van der Waals surface area contributed by atoms with E-state index in [0.29, 0.717) is 35.5 Å². The lowest BCUT2D eigenvalue weighted by molar-refractivity contribution is -0.145. The molecule has 0 saturated carbocycles. The molecule has 0 aliphatic rings. The highest BCUT2D eigenvalue weighted by molar-refractivity contribution is 5.81. The highest BCUT2D eigenvalue weighted by atomic mass is 16.6. The van der Waals surface area contributed by atoms with E-state index in [2.05, 4.69) is 11.4 Å². The van der Waals surface area contributed by atoms with Gasteiger partial charge in [-0.25, -0.2) is 4.79 Å². The summed E-state index contributed by atoms with van der Waals surface area (Å²) in [6, 6.07) is 16.2. The summed E-state index contributed by atoms with van der Waals surface area (Å²) in [5.41, 5.74) is 1.40. The summed E-state index contributed by atoms with van der Waals surface area (Å²) in [7, 11) is 0. The van der Waals surface area contributed by atoms with Gasteiger partial charge in [0.1, 0.15) is 29.3 Å². The molecular weight excluding hydrogens is 472 g/mol. The lowest BCUT2D eigenvalue weighted by Crippen LogP contribution is -2.41. The number of rotatable bonds is 10. The fourth-order valence-electron chi connectivity index (χ4n) is 3.78. The predicted molar refractivity (Wildman–Crippen MR) is 139 cm³/mol. The molecular formula is C29H34N2O6. The van der Waals surface area contributed by atoms with E-state index in [1.54, 1.807) is 37.3 Å². The van der Waals surface area contributed by atoms with Crippen LogP contribution in [0.1, 0.15) is 63.8 Å². The van der Waals surface area contributed by atoms with Gasteiger partial charge in [0.25, 0.3) is 0 Å². The van der Waals surface area contributed by atoms with Gasteiger partial charge in [-0.1, -0.05) is 19.1 Å². The van der Waals surface area contributed by atoms with Gasteiger partial charge >= 0.3 is 12.1 Å². The van der Waals surface area contributed by atoms with Gasteiger partial charge in [-0.05, 0) is 76.1 Å². The number of ether oxygens (including phenoxy) is 3. The molecule has 1 N–H and O–H groups in total. The fourth-order valence-corrected chi connectivity index (χ4v) is 3.78. The largest absolute Gasteiger partial charge is 0.491 e. The summed E-state index contributed by atoms with van der Waals surface area (Å²) in [5, 5.41) is 12.8. The topological polar surface area (TPSA) is 111 Å². The summed E-state index contributed by atoms with van der Waals surface area (Å²) in [5.74, 6) is 0.329. The molecule has 1 heterocycles. The van der Waals surface area contributed by atoms with Crippen LogP contribution in [0.5, 0.6) is 5.75 Å². The summed E-state index contributed by atoms with van der Waals surface area (Å²) in [6.45, 7) is 9.71. The molecule has 3 aromatic rings. The van der Waals surface area contributed by atoms with E-state index in [1.165, 1.54) is 0 Å². The Morgan fingerprint density at radius 3 is 2.43 bits per heavy atom. The molecule has 0 spiro atoms. The molecule has 2 aromatic carbocycles. The normalized spacial score (nSPS) is 12.9. The van der Waals surface area contributed by atoms with E-state index in [0.717, 1.165) is 10.9 Å². The molecule has 0 radical (unpaired) electrons. The molecule has 196 valence electrons. The number of nitrogens with one attached hydrogen (secondary N) is 1. The van der Waals surface area contributed by atoms with E-state index in [1.807, 2.05) is 45.9 Å². The molecule has 37 heavy (non-hydrogen) atoms. The zero-order valence-electron chi connectivity index (χ0n) is 22.0. The zero-order valence-corrected chi connectivity index (χ0v) is 22.0. The standard InChI is InChI=1S/C29H34N2O6/c1-6-22(31-28(33)37-29(3,4)5)18-35-23-11-9-20(10-12-23)25(27(32)34-7-2)16-24-15-21-14-19(17-30)8-13-26(21)36-24/h8-15,22,25H,6-7,16,18H2,1-5H3,(H,31,33)/t22-,25?/m1/s1. The summed E-state index contributed by atoms with van der Waals surface area (Å²) < 4.78 is 22.4. The first kappa shape index (κ1) is 27.6. The Kier molecular flexibility index (Phi) is 9.18. The highest BCUT2D eigenvalue weighted by Gasteiger charge is 2.25. The maximum atomic E-state index is 12.8. The number of alkyl carbamates (subject to hydrolysis) is 1. The van der Waals surface area contributed by atoms with E-state index >= 15 is 0 Å². The van der Waals surface area contributed by atoms with Crippen molar-refractivity contribution in [1.82, 2.24) is 5.32 Å². The quantitative estimate of drug-likeness (QED) is 0.342. The van der Waals surface area contributed by atoms with Gasteiger partial charge in [-0.2, -0.15) is 5.26 Å². The number of esters is 1. The second-order valence-corrected chi connectivity index (χ2v) is 9.72. The molecule has 8 heteroatoms. The third-order valence-corrected chi connectivity index (χ3v) is 5.62. The van der Waals surface area contributed by atoms with Gasteiger partial charge < -0.3 is 23.9 Å². The number of nitriles is 1. The van der Waals surface area contributed by atoms with Crippen molar-refractivity contribution in [3.8, 4) is 11.8 Å². The Morgan fingerprint density at radius 2 is 1.81 bits per heavy atom. The van der Waals surface area contributed by atoms with E-state index in [9.17, 15) is 9.59 Å². The minimum atomic E-state index is -0.573. The van der Waals surface area contributed by atoms with Gasteiger partial charge in [0.15, 0.2) is 0 Å². The maximum Gasteiger partial charge on any atom is 0.407 e. The Balaban J connectivity index is 1.69. The first-order chi connectivity index (χ1) is 17.6. The van der Waals surface area contributed by atoms with Gasteiger partial charge in [0.2, 0.25) is 0 Å². The van der Waals surface area contributed by atoms with Crippen LogP contribution in [-0.2, 0) is 20.7 Å². The molecule has 8 nitrogen and oxygen atoms in total. The fraction of sp³-hybridized carbons (Fsp3) is 0.414. The number of furan rings is 1. The lowest BCUT2D eigenvalue weighted by Gasteiger charge is -2.23. The molecule has 1 aromatic heterocycles. The van der Waals surface area contributed by atoms with Crippen molar-refractivity contribution in [3.63, 3.8) is 0 Å². The molecule has 1 unspecified atom stereocenters. The number of carbonyl (C=O) groups is 2. The van der Waals surface area contributed by atoms with Crippen LogP contribution in [0, 0.1) is 11.3 Å². The number of carbonyl (C=O) groups excluding carboxylic acids is 2. The van der Waals surface area contributed by atoms with E-state index in [-0.39, 0.29) is 25.2 Å². The van der Waals surface area contributed by atoms with Crippen molar-refractivity contribution in [1.29, 1.82) is 5.26 Å². The van der Waals surface area contributed by atoms with Crippen LogP contribution in [0.4, 0.5) is 4.79 Å². The van der Waals surface area contributed by atoms with E-state index in [4.69, 9.17) is 23.9 Å². The third-order valence-electron chi connectivity index (χ3n) is 5.62. The monoisotopic (exact) mass is 506 g/mol. The molecule has 0 bridgehead atoms. The number of hydrogen-bond acceptors (Lipinski definition) is 7. The summed E-state index contributed by atoms with van der Waals surface area (Å²) >= 11 is 0. The molecule has 0 saturated heterocycles. The molecule has 2 atom stereocenters. The van der Waals surface area contributed by atoms with Crippen molar-refractivity contribution in [2.75, 3.05) is 13.2 Å². The van der Waals surface area contributed by atoms with Gasteiger partial charge in [-0.3, -0.25) is 4.79 Å². The van der Waals surface area contributed by atoms with Crippen LogP contribution in [-0.4, -0.2) is 36.9 Å². The Hall–Kier alpha value is -3.99. The second kappa shape index (κ2) is 12.3. The smallest absolute Gasteiger partial charge is 0.407 e. The van der Waals surface area contributed by atoms with Gasteiger partial charge in [0, 0.05) is 11.8 Å². The Labute approximate surface area is 217 Å². The van der Waals surface area contributed by atoms with Crippen molar-refractivity contribution >= 4 is 23.0 Å². The summed E-state index contributed by atoms with van der Waals surface area (Å²) in [6.07, 6.45) is 0.508. The number of nitrogens with zero attached hydrogens (tertiary/aromatic N) is 1. The Morgan fingerprint density at radius 1 is 1.08 bits per heavy atom. The minimum Gasteiger partial charge on any atom is -0.491 e. The van der Waals surface area contributed by atoms with Gasteiger partial charge in [0.05, 0.1) is 30.2 Å². The predicted octanol–water partition coefficient (Wildman–Crippen LogP) is 5.88.